The van der Waals surface area contributed by atoms with Gasteiger partial charge in [-0.2, -0.15) is 0 Å². The molecule has 2 fully saturated rings. The number of aliphatic hydroxyl groups is 8. The Morgan fingerprint density at radius 1 is 0.538 bits per heavy atom. The number of aliphatic hydroxyl groups excluding tert-OH is 8. The third kappa shape index (κ3) is 25.8. The van der Waals surface area contributed by atoms with Gasteiger partial charge < -0.3 is 65.1 Å². The second-order valence-electron chi connectivity index (χ2n) is 19.0. The molecule has 2 saturated heterocycles. The van der Waals surface area contributed by atoms with E-state index in [-0.39, 0.29) is 12.5 Å². The van der Waals surface area contributed by atoms with Crippen LogP contribution in [0.1, 0.15) is 213 Å². The lowest BCUT2D eigenvalue weighted by Crippen LogP contribution is -2.65. The third-order valence-electron chi connectivity index (χ3n) is 13.2. The van der Waals surface area contributed by atoms with Crippen LogP contribution in [0.2, 0.25) is 0 Å². The van der Waals surface area contributed by atoms with Gasteiger partial charge in [-0.25, -0.2) is 0 Å². The molecule has 0 radical (unpaired) electrons. The topological polar surface area (TPSA) is 228 Å². The van der Waals surface area contributed by atoms with E-state index < -0.39 is 86.8 Å². The van der Waals surface area contributed by atoms with Gasteiger partial charge in [-0.05, 0) is 38.5 Å². The van der Waals surface area contributed by atoms with E-state index in [4.69, 9.17) is 18.9 Å². The summed E-state index contributed by atoms with van der Waals surface area (Å²) in [5.41, 5.74) is 0. The lowest BCUT2D eigenvalue weighted by molar-refractivity contribution is -0.359. The first-order chi connectivity index (χ1) is 31.6. The zero-order valence-corrected chi connectivity index (χ0v) is 40.7. The summed E-state index contributed by atoms with van der Waals surface area (Å²) >= 11 is 0. The molecule has 9 N–H and O–H groups in total. The van der Waals surface area contributed by atoms with Crippen molar-refractivity contribution in [3.63, 3.8) is 0 Å². The van der Waals surface area contributed by atoms with Crippen LogP contribution < -0.4 is 5.32 Å². The molecular formula is C51H97NO13. The van der Waals surface area contributed by atoms with E-state index in [2.05, 4.69) is 31.3 Å². The van der Waals surface area contributed by atoms with E-state index in [0.717, 1.165) is 51.4 Å². The minimum atomic E-state index is -1.78. The smallest absolute Gasteiger partial charge is 0.220 e. The molecule has 0 aromatic heterocycles. The second kappa shape index (κ2) is 38.6. The number of unbranched alkanes of at least 4 members (excludes halogenated alkanes) is 26. The van der Waals surface area contributed by atoms with E-state index in [1.165, 1.54) is 135 Å². The highest BCUT2D eigenvalue weighted by Crippen LogP contribution is 2.30. The minimum Gasteiger partial charge on any atom is -0.394 e. The molecule has 2 aliphatic heterocycles. The number of ether oxygens (including phenoxy) is 4. The molecule has 14 nitrogen and oxygen atoms in total. The molecule has 14 heteroatoms. The minimum absolute atomic E-state index is 0.209. The fraction of sp³-hybridized carbons (Fsp3) is 0.941. The predicted molar refractivity (Wildman–Crippen MR) is 254 cm³/mol. The van der Waals surface area contributed by atoms with Crippen molar-refractivity contribution in [1.82, 2.24) is 5.32 Å². The highest BCUT2D eigenvalue weighted by atomic mass is 16.7. The van der Waals surface area contributed by atoms with E-state index in [0.29, 0.717) is 12.8 Å². The van der Waals surface area contributed by atoms with Gasteiger partial charge in [-0.3, -0.25) is 4.79 Å². The van der Waals surface area contributed by atoms with Crippen LogP contribution in [0.25, 0.3) is 0 Å². The molecule has 0 bridgehead atoms. The number of carbonyl (C=O) groups excluding carboxylic acids is 1. The molecule has 0 aromatic rings. The van der Waals surface area contributed by atoms with Crippen molar-refractivity contribution in [1.29, 1.82) is 0 Å². The Morgan fingerprint density at radius 3 is 1.46 bits per heavy atom. The monoisotopic (exact) mass is 932 g/mol. The Bertz CT molecular complexity index is 1150. The van der Waals surface area contributed by atoms with Gasteiger partial charge in [-0.15, -0.1) is 0 Å². The van der Waals surface area contributed by atoms with Crippen molar-refractivity contribution in [2.45, 2.75) is 286 Å². The van der Waals surface area contributed by atoms with E-state index in [9.17, 15) is 45.6 Å². The molecule has 0 saturated carbocycles. The maximum Gasteiger partial charge on any atom is 0.220 e. The summed E-state index contributed by atoms with van der Waals surface area (Å²) in [4.78, 5) is 13.2. The van der Waals surface area contributed by atoms with E-state index >= 15 is 0 Å². The normalized spacial score (nSPS) is 27.0. The van der Waals surface area contributed by atoms with Gasteiger partial charge >= 0.3 is 0 Å². The van der Waals surface area contributed by atoms with Gasteiger partial charge in [0.1, 0.15) is 48.8 Å². The van der Waals surface area contributed by atoms with E-state index in [1.807, 2.05) is 0 Å². The second-order valence-corrected chi connectivity index (χ2v) is 19.0. The van der Waals surface area contributed by atoms with Crippen molar-refractivity contribution in [2.24, 2.45) is 0 Å². The molecule has 2 aliphatic rings. The molecule has 65 heavy (non-hydrogen) atoms. The Kier molecular flexibility index (Phi) is 35.5. The SMILES string of the molecule is CCCCCCCC/C=C\CCCCCCCCCCCC(=O)NC(COC1OC(CO)C(OC2OC(CO)C(O)C(O)C2O)C(O)C1O)C(O)CCCCCCCCCCCCCC. The highest BCUT2D eigenvalue weighted by Gasteiger charge is 2.51. The molecule has 12 unspecified atom stereocenters. The molecule has 2 rings (SSSR count). The van der Waals surface area contributed by atoms with Crippen LogP contribution in [-0.2, 0) is 23.7 Å². The van der Waals surface area contributed by atoms with Gasteiger partial charge in [0.25, 0.3) is 0 Å². The average Bonchev–Trinajstić information content (AvgIpc) is 3.30. The van der Waals surface area contributed by atoms with Gasteiger partial charge in [0, 0.05) is 6.42 Å². The van der Waals surface area contributed by atoms with E-state index in [1.54, 1.807) is 0 Å². The maximum absolute atomic E-state index is 13.2. The van der Waals surface area contributed by atoms with Gasteiger partial charge in [0.05, 0.1) is 32.0 Å². The van der Waals surface area contributed by atoms with Crippen LogP contribution in [0.3, 0.4) is 0 Å². The number of amides is 1. The Morgan fingerprint density at radius 2 is 0.969 bits per heavy atom. The summed E-state index contributed by atoms with van der Waals surface area (Å²) in [6, 6.07) is -0.824. The number of allylic oxidation sites excluding steroid dienone is 2. The number of hydrogen-bond acceptors (Lipinski definition) is 13. The number of carbonyl (C=O) groups is 1. The van der Waals surface area contributed by atoms with Crippen molar-refractivity contribution in [2.75, 3.05) is 19.8 Å². The highest BCUT2D eigenvalue weighted by molar-refractivity contribution is 5.76. The molecule has 1 amide bonds. The lowest BCUT2D eigenvalue weighted by Gasteiger charge is -2.46. The first kappa shape index (κ1) is 59.9. The zero-order chi connectivity index (χ0) is 47.5. The zero-order valence-electron chi connectivity index (χ0n) is 40.7. The van der Waals surface area contributed by atoms with Crippen molar-refractivity contribution in [3.8, 4) is 0 Å². The number of nitrogens with one attached hydrogen (secondary N) is 1. The fourth-order valence-electron chi connectivity index (χ4n) is 8.88. The van der Waals surface area contributed by atoms with Crippen LogP contribution in [0, 0.1) is 0 Å². The number of hydrogen-bond donors (Lipinski definition) is 9. The summed E-state index contributed by atoms with van der Waals surface area (Å²) in [6.07, 6.45) is 23.5. The Labute approximate surface area is 393 Å². The van der Waals surface area contributed by atoms with Crippen LogP contribution in [-0.4, -0.2) is 140 Å². The molecule has 0 aliphatic carbocycles. The Hall–Kier alpha value is -1.27. The molecule has 0 spiro atoms. The lowest BCUT2D eigenvalue weighted by atomic mass is 9.97. The maximum atomic E-state index is 13.2. The van der Waals surface area contributed by atoms with Crippen LogP contribution in [0.4, 0.5) is 0 Å². The standard InChI is InChI=1S/C51H97NO13/c1-3-5-7-9-11-13-15-17-18-19-20-21-22-23-25-27-29-31-33-35-43(56)52-39(40(55)34-32-30-28-26-24-16-14-12-10-8-6-4-2)38-62-50-48(61)46(59)49(42(37-54)64-50)65-51-47(60)45(58)44(57)41(36-53)63-51/h17-18,39-42,44-51,53-55,57-61H,3-16,19-38H2,1-2H3,(H,52,56)/b18-17-. The predicted octanol–water partition coefficient (Wildman–Crippen LogP) is 7.16. The van der Waals surface area contributed by atoms with Crippen molar-refractivity contribution in [3.05, 3.63) is 12.2 Å². The van der Waals surface area contributed by atoms with Crippen molar-refractivity contribution < 1.29 is 64.6 Å². The molecule has 2 heterocycles. The first-order valence-corrected chi connectivity index (χ1v) is 26.4. The van der Waals surface area contributed by atoms with Gasteiger partial charge in [0.2, 0.25) is 5.91 Å². The van der Waals surface area contributed by atoms with Gasteiger partial charge in [0.15, 0.2) is 12.6 Å². The molecular weight excluding hydrogens is 835 g/mol. The van der Waals surface area contributed by atoms with Crippen molar-refractivity contribution >= 4 is 5.91 Å². The summed E-state index contributed by atoms with van der Waals surface area (Å²) in [5.74, 6) is -0.209. The summed E-state index contributed by atoms with van der Waals surface area (Å²) in [6.45, 7) is 2.84. The fourth-order valence-corrected chi connectivity index (χ4v) is 8.88. The number of rotatable bonds is 41. The van der Waals surface area contributed by atoms with Crippen LogP contribution in [0.5, 0.6) is 0 Å². The van der Waals surface area contributed by atoms with Crippen LogP contribution in [0.15, 0.2) is 12.2 Å². The quantitative estimate of drug-likeness (QED) is 0.0219. The average molecular weight is 932 g/mol. The summed E-state index contributed by atoms with van der Waals surface area (Å²) in [7, 11) is 0. The first-order valence-electron chi connectivity index (χ1n) is 26.4. The van der Waals surface area contributed by atoms with Gasteiger partial charge in [-0.1, -0.05) is 180 Å². The largest absolute Gasteiger partial charge is 0.394 e. The molecule has 0 aromatic carbocycles. The van der Waals surface area contributed by atoms with Crippen LogP contribution >= 0.6 is 0 Å². The Balaban J connectivity index is 1.79. The summed E-state index contributed by atoms with van der Waals surface area (Å²) < 4.78 is 22.7. The third-order valence-corrected chi connectivity index (χ3v) is 13.2. The summed E-state index contributed by atoms with van der Waals surface area (Å²) in [5, 5.41) is 86.9. The molecule has 384 valence electrons. The molecule has 12 atom stereocenters.